The van der Waals surface area contributed by atoms with E-state index in [0.29, 0.717) is 0 Å². The lowest BCUT2D eigenvalue weighted by Crippen LogP contribution is -2.41. The number of hydrogen-bond acceptors (Lipinski definition) is 3. The van der Waals surface area contributed by atoms with E-state index in [1.165, 1.54) is 5.56 Å². The molecule has 5 heteroatoms. The SMILES string of the molecule is Cc1ccn2cc(-c3ccc(B4OC(C)(C)C(C)(C)O4)cc3)nc2c1. The highest BCUT2D eigenvalue weighted by atomic mass is 16.7. The average molecular weight is 334 g/mol. The summed E-state index contributed by atoms with van der Waals surface area (Å²) in [6.45, 7) is 10.4. The molecule has 0 spiro atoms. The molecule has 0 saturated carbocycles. The molecular weight excluding hydrogens is 311 g/mol. The number of benzene rings is 1. The van der Waals surface area contributed by atoms with Crippen LogP contribution in [0.1, 0.15) is 33.3 Å². The van der Waals surface area contributed by atoms with E-state index in [4.69, 9.17) is 14.3 Å². The molecule has 0 atom stereocenters. The van der Waals surface area contributed by atoms with Gasteiger partial charge in [0.05, 0.1) is 16.9 Å². The van der Waals surface area contributed by atoms with Gasteiger partial charge in [-0.15, -0.1) is 0 Å². The van der Waals surface area contributed by atoms with Crippen molar-refractivity contribution in [3.63, 3.8) is 0 Å². The molecule has 25 heavy (non-hydrogen) atoms. The molecular formula is C20H23BN2O2. The second-order valence-corrected chi connectivity index (χ2v) is 7.81. The number of aryl methyl sites for hydroxylation is 1. The van der Waals surface area contributed by atoms with Crippen molar-refractivity contribution < 1.29 is 9.31 Å². The Kier molecular flexibility index (Phi) is 3.57. The van der Waals surface area contributed by atoms with Crippen molar-refractivity contribution in [1.82, 2.24) is 9.38 Å². The van der Waals surface area contributed by atoms with Crippen LogP contribution in [0.25, 0.3) is 16.9 Å². The lowest BCUT2D eigenvalue weighted by Gasteiger charge is -2.32. The molecule has 0 aliphatic carbocycles. The van der Waals surface area contributed by atoms with Gasteiger partial charge < -0.3 is 13.7 Å². The number of nitrogens with zero attached hydrogens (tertiary/aromatic N) is 2. The molecule has 0 N–H and O–H groups in total. The van der Waals surface area contributed by atoms with E-state index in [9.17, 15) is 0 Å². The first kappa shape index (κ1) is 16.4. The molecule has 3 heterocycles. The Morgan fingerprint density at radius 2 is 1.60 bits per heavy atom. The number of fused-ring (bicyclic) bond motifs is 1. The highest BCUT2D eigenvalue weighted by Crippen LogP contribution is 2.36. The third-order valence-electron chi connectivity index (χ3n) is 5.35. The summed E-state index contributed by atoms with van der Waals surface area (Å²) in [7, 11) is -0.331. The standard InChI is InChI=1S/C20H23BN2O2/c1-14-10-11-23-13-17(22-18(23)12-14)15-6-8-16(9-7-15)21-24-19(2,3)20(4,5)25-21/h6-13H,1-5H3. The number of rotatable bonds is 2. The quantitative estimate of drug-likeness (QED) is 0.672. The zero-order chi connectivity index (χ0) is 17.8. The molecule has 0 radical (unpaired) electrons. The lowest BCUT2D eigenvalue weighted by atomic mass is 9.79. The Balaban J connectivity index is 1.62. The van der Waals surface area contributed by atoms with Crippen LogP contribution in [0.2, 0.25) is 0 Å². The summed E-state index contributed by atoms with van der Waals surface area (Å²) < 4.78 is 14.3. The van der Waals surface area contributed by atoms with Crippen LogP contribution in [0.3, 0.4) is 0 Å². The maximum atomic E-state index is 6.11. The third kappa shape index (κ3) is 2.77. The third-order valence-corrected chi connectivity index (χ3v) is 5.35. The van der Waals surface area contributed by atoms with Crippen molar-refractivity contribution in [3.05, 3.63) is 54.4 Å². The molecule has 1 fully saturated rings. The minimum atomic E-state index is -0.331. The molecule has 1 saturated heterocycles. The van der Waals surface area contributed by atoms with Crippen molar-refractivity contribution in [2.75, 3.05) is 0 Å². The van der Waals surface area contributed by atoms with Gasteiger partial charge >= 0.3 is 7.12 Å². The largest absolute Gasteiger partial charge is 0.494 e. The first-order chi connectivity index (χ1) is 11.7. The van der Waals surface area contributed by atoms with Gasteiger partial charge in [-0.1, -0.05) is 24.3 Å². The molecule has 3 aromatic rings. The topological polar surface area (TPSA) is 35.8 Å². The highest BCUT2D eigenvalue weighted by molar-refractivity contribution is 6.62. The van der Waals surface area contributed by atoms with E-state index in [-0.39, 0.29) is 18.3 Å². The van der Waals surface area contributed by atoms with E-state index in [1.54, 1.807) is 0 Å². The van der Waals surface area contributed by atoms with Gasteiger partial charge in [0.15, 0.2) is 0 Å². The van der Waals surface area contributed by atoms with Crippen LogP contribution < -0.4 is 5.46 Å². The maximum Gasteiger partial charge on any atom is 0.494 e. The van der Waals surface area contributed by atoms with E-state index in [1.807, 2.05) is 10.6 Å². The zero-order valence-electron chi connectivity index (χ0n) is 15.4. The second-order valence-electron chi connectivity index (χ2n) is 7.81. The van der Waals surface area contributed by atoms with Crippen molar-refractivity contribution >= 4 is 18.2 Å². The summed E-state index contributed by atoms with van der Waals surface area (Å²) in [5.74, 6) is 0. The summed E-state index contributed by atoms with van der Waals surface area (Å²) in [5, 5.41) is 0. The average Bonchev–Trinajstić information content (AvgIpc) is 3.05. The number of aromatic nitrogens is 2. The molecule has 0 amide bonds. The van der Waals surface area contributed by atoms with Crippen molar-refractivity contribution in [3.8, 4) is 11.3 Å². The Morgan fingerprint density at radius 1 is 0.960 bits per heavy atom. The normalized spacial score (nSPS) is 18.8. The van der Waals surface area contributed by atoms with Crippen molar-refractivity contribution in [2.24, 2.45) is 0 Å². The smallest absolute Gasteiger partial charge is 0.399 e. The molecule has 1 aliphatic heterocycles. The van der Waals surface area contributed by atoms with Gasteiger partial charge in [-0.3, -0.25) is 0 Å². The Morgan fingerprint density at radius 3 is 2.24 bits per heavy atom. The van der Waals surface area contributed by atoms with E-state index in [0.717, 1.165) is 22.4 Å². The van der Waals surface area contributed by atoms with Crippen LogP contribution in [0, 0.1) is 6.92 Å². The Labute approximate surface area is 148 Å². The van der Waals surface area contributed by atoms with Gasteiger partial charge in [0, 0.05) is 18.0 Å². The maximum absolute atomic E-state index is 6.11. The minimum absolute atomic E-state index is 0.324. The summed E-state index contributed by atoms with van der Waals surface area (Å²) in [4.78, 5) is 4.72. The monoisotopic (exact) mass is 334 g/mol. The molecule has 4 rings (SSSR count). The van der Waals surface area contributed by atoms with Crippen molar-refractivity contribution in [2.45, 2.75) is 45.8 Å². The van der Waals surface area contributed by atoms with Crippen LogP contribution in [0.5, 0.6) is 0 Å². The fourth-order valence-electron chi connectivity index (χ4n) is 3.01. The van der Waals surface area contributed by atoms with Gasteiger partial charge in [0.25, 0.3) is 0 Å². The molecule has 4 nitrogen and oxygen atoms in total. The van der Waals surface area contributed by atoms with Gasteiger partial charge in [0.2, 0.25) is 0 Å². The molecule has 2 aromatic heterocycles. The number of pyridine rings is 1. The van der Waals surface area contributed by atoms with Gasteiger partial charge in [-0.05, 0) is 57.8 Å². The predicted molar refractivity (Wildman–Crippen MR) is 101 cm³/mol. The highest BCUT2D eigenvalue weighted by Gasteiger charge is 2.51. The lowest BCUT2D eigenvalue weighted by molar-refractivity contribution is 0.00578. The summed E-state index contributed by atoms with van der Waals surface area (Å²) in [6.07, 6.45) is 4.10. The summed E-state index contributed by atoms with van der Waals surface area (Å²) in [5.41, 5.74) is 4.60. The second kappa shape index (κ2) is 5.45. The predicted octanol–water partition coefficient (Wildman–Crippen LogP) is 3.61. The number of hydrogen-bond donors (Lipinski definition) is 0. The molecule has 1 aromatic carbocycles. The summed E-state index contributed by atoms with van der Waals surface area (Å²) in [6, 6.07) is 12.4. The first-order valence-corrected chi connectivity index (χ1v) is 8.66. The van der Waals surface area contributed by atoms with E-state index < -0.39 is 0 Å². The van der Waals surface area contributed by atoms with Crippen LogP contribution in [0.4, 0.5) is 0 Å². The van der Waals surface area contributed by atoms with Gasteiger partial charge in [-0.25, -0.2) is 4.98 Å². The number of imidazole rings is 1. The van der Waals surface area contributed by atoms with Crippen LogP contribution in [-0.4, -0.2) is 27.7 Å². The fourth-order valence-corrected chi connectivity index (χ4v) is 3.01. The minimum Gasteiger partial charge on any atom is -0.399 e. The molecule has 0 bridgehead atoms. The molecule has 0 unspecified atom stereocenters. The van der Waals surface area contributed by atoms with Gasteiger partial charge in [-0.2, -0.15) is 0 Å². The van der Waals surface area contributed by atoms with Crippen LogP contribution >= 0.6 is 0 Å². The Hall–Kier alpha value is -2.11. The van der Waals surface area contributed by atoms with E-state index >= 15 is 0 Å². The van der Waals surface area contributed by atoms with Crippen molar-refractivity contribution in [1.29, 1.82) is 0 Å². The zero-order valence-corrected chi connectivity index (χ0v) is 15.4. The fraction of sp³-hybridized carbons (Fsp3) is 0.350. The van der Waals surface area contributed by atoms with E-state index in [2.05, 4.69) is 77.2 Å². The molecule has 128 valence electrons. The summed E-state index contributed by atoms with van der Waals surface area (Å²) >= 11 is 0. The van der Waals surface area contributed by atoms with Crippen LogP contribution in [0.15, 0.2) is 48.8 Å². The van der Waals surface area contributed by atoms with Crippen LogP contribution in [-0.2, 0) is 9.31 Å². The molecule has 1 aliphatic rings. The first-order valence-electron chi connectivity index (χ1n) is 8.66. The van der Waals surface area contributed by atoms with Gasteiger partial charge in [0.1, 0.15) is 5.65 Å². The Bertz CT molecular complexity index is 913.